The molecule has 2 N–H and O–H groups in total. The van der Waals surface area contributed by atoms with Gasteiger partial charge in [0.1, 0.15) is 11.5 Å². The highest BCUT2D eigenvalue weighted by atomic mass is 32.2. The Hall–Kier alpha value is -2.46. The molecule has 150 valence electrons. The number of rotatable bonds is 5. The minimum atomic E-state index is -3.89. The van der Waals surface area contributed by atoms with Gasteiger partial charge in [-0.05, 0) is 49.7 Å². The van der Waals surface area contributed by atoms with Crippen LogP contribution >= 0.6 is 0 Å². The Kier molecular flexibility index (Phi) is 5.99. The molecule has 0 spiro atoms. The van der Waals surface area contributed by atoms with Gasteiger partial charge in [-0.25, -0.2) is 8.42 Å². The maximum absolute atomic E-state index is 13.0. The Morgan fingerprint density at radius 1 is 1.07 bits per heavy atom. The Balaban J connectivity index is 1.80. The lowest BCUT2D eigenvalue weighted by atomic mass is 10.0. The van der Waals surface area contributed by atoms with Gasteiger partial charge in [0.05, 0.1) is 22.7 Å². The lowest BCUT2D eigenvalue weighted by molar-refractivity contribution is -0.289. The number of hydrogen-bond donors (Lipinski definition) is 2. The zero-order chi connectivity index (χ0) is 20.3. The molecule has 0 radical (unpaired) electrons. The summed E-state index contributed by atoms with van der Waals surface area (Å²) in [5.41, 5.74) is 1.10. The lowest BCUT2D eigenvalue weighted by Gasteiger charge is -2.30. The molecule has 0 saturated carbocycles. The van der Waals surface area contributed by atoms with Crippen LogP contribution in [-0.2, 0) is 19.4 Å². The van der Waals surface area contributed by atoms with Crippen LogP contribution in [0.25, 0.3) is 0 Å². The fourth-order valence-electron chi connectivity index (χ4n) is 3.08. The fourth-order valence-corrected chi connectivity index (χ4v) is 4.98. The van der Waals surface area contributed by atoms with E-state index in [1.54, 1.807) is 0 Å². The van der Waals surface area contributed by atoms with Gasteiger partial charge >= 0.3 is 0 Å². The summed E-state index contributed by atoms with van der Waals surface area (Å²) in [5, 5.41) is 16.3. The van der Waals surface area contributed by atoms with Gasteiger partial charge < -0.3 is 9.47 Å². The number of carbonyl (C=O) groups is 1. The Morgan fingerprint density at radius 3 is 2.21 bits per heavy atom. The van der Waals surface area contributed by atoms with E-state index >= 15 is 0 Å². The van der Waals surface area contributed by atoms with Crippen LogP contribution in [0.2, 0.25) is 0 Å². The normalized spacial score (nSPS) is 19.8. The van der Waals surface area contributed by atoms with Gasteiger partial charge in [0, 0.05) is 6.61 Å². The summed E-state index contributed by atoms with van der Waals surface area (Å²) in [5.74, 6) is -1.22. The highest BCUT2D eigenvalue weighted by molar-refractivity contribution is 7.92. The molecule has 0 aromatic heterocycles. The molecule has 2 aromatic rings. The molecule has 3 rings (SSSR count). The van der Waals surface area contributed by atoms with Crippen LogP contribution in [0, 0.1) is 12.8 Å². The van der Waals surface area contributed by atoms with Crippen molar-refractivity contribution in [2.75, 3.05) is 13.2 Å². The quantitative estimate of drug-likeness (QED) is 0.578. The highest BCUT2D eigenvalue weighted by Gasteiger charge is 2.42. The third-order valence-electron chi connectivity index (χ3n) is 4.61. The van der Waals surface area contributed by atoms with Crippen LogP contribution in [-0.4, -0.2) is 48.4 Å². The first-order valence-electron chi connectivity index (χ1n) is 8.67. The number of sulfone groups is 1. The molecule has 0 aliphatic carbocycles. The molecule has 1 heterocycles. The summed E-state index contributed by atoms with van der Waals surface area (Å²) in [4.78, 5) is 12.0. The van der Waals surface area contributed by atoms with E-state index in [1.807, 2.05) is 31.2 Å². The highest BCUT2D eigenvalue weighted by Crippen LogP contribution is 2.30. The van der Waals surface area contributed by atoms with Gasteiger partial charge in [-0.3, -0.25) is 15.2 Å². The first-order chi connectivity index (χ1) is 13.3. The molecule has 1 amide bonds. The molecule has 1 aliphatic rings. The fraction of sp³-hybridized carbons (Fsp3) is 0.316. The standard InChI is InChI=1S/C19H21NO7S/c1-13-2-4-14(5-3-13)27-15-6-8-16(9-7-15)28(24,25)18-10-11-26-12-17(18)19(21)20(22)23/h2-9,17-18,22-23H,10-12H2,1H3. The Bertz CT molecular complexity index is 924. The van der Waals surface area contributed by atoms with E-state index in [1.165, 1.54) is 24.3 Å². The monoisotopic (exact) mass is 407 g/mol. The predicted molar refractivity (Wildman–Crippen MR) is 98.0 cm³/mol. The molecule has 2 aromatic carbocycles. The largest absolute Gasteiger partial charge is 0.457 e. The third-order valence-corrected chi connectivity index (χ3v) is 6.91. The van der Waals surface area contributed by atoms with Crippen molar-refractivity contribution in [3.8, 4) is 11.5 Å². The maximum Gasteiger partial charge on any atom is 0.279 e. The van der Waals surface area contributed by atoms with Crippen molar-refractivity contribution in [2.24, 2.45) is 5.92 Å². The summed E-state index contributed by atoms with van der Waals surface area (Å²) in [6.45, 7) is 1.93. The van der Waals surface area contributed by atoms with E-state index in [-0.39, 0.29) is 24.5 Å². The number of hydrogen-bond acceptors (Lipinski definition) is 7. The first kappa shape index (κ1) is 20.3. The van der Waals surface area contributed by atoms with Crippen molar-refractivity contribution in [3.63, 3.8) is 0 Å². The summed E-state index contributed by atoms with van der Waals surface area (Å²) in [6.07, 6.45) is 0.0776. The summed E-state index contributed by atoms with van der Waals surface area (Å²) in [6, 6.07) is 13.3. The summed E-state index contributed by atoms with van der Waals surface area (Å²) in [7, 11) is -3.89. The van der Waals surface area contributed by atoms with Crippen LogP contribution < -0.4 is 4.74 Å². The van der Waals surface area contributed by atoms with Crippen molar-refractivity contribution in [2.45, 2.75) is 23.5 Å². The average Bonchev–Trinajstić information content (AvgIpc) is 2.69. The molecule has 0 bridgehead atoms. The Morgan fingerprint density at radius 2 is 1.64 bits per heavy atom. The van der Waals surface area contributed by atoms with Crippen LogP contribution in [0.4, 0.5) is 0 Å². The Labute approximate surface area is 162 Å². The van der Waals surface area contributed by atoms with Crippen molar-refractivity contribution in [1.82, 2.24) is 5.23 Å². The average molecular weight is 407 g/mol. The van der Waals surface area contributed by atoms with Gasteiger partial charge in [0.2, 0.25) is 0 Å². The zero-order valence-corrected chi connectivity index (χ0v) is 16.0. The molecule has 2 unspecified atom stereocenters. The summed E-state index contributed by atoms with van der Waals surface area (Å²) >= 11 is 0. The lowest BCUT2D eigenvalue weighted by Crippen LogP contribution is -2.46. The van der Waals surface area contributed by atoms with E-state index in [0.717, 1.165) is 5.56 Å². The maximum atomic E-state index is 13.0. The molecule has 2 atom stereocenters. The molecule has 1 fully saturated rings. The number of aryl methyl sites for hydroxylation is 1. The van der Waals surface area contributed by atoms with Crippen LogP contribution in [0.5, 0.6) is 11.5 Å². The number of amides is 1. The zero-order valence-electron chi connectivity index (χ0n) is 15.2. The second kappa shape index (κ2) is 8.27. The van der Waals surface area contributed by atoms with E-state index in [2.05, 4.69) is 0 Å². The van der Waals surface area contributed by atoms with Gasteiger partial charge in [0.25, 0.3) is 5.91 Å². The van der Waals surface area contributed by atoms with Crippen LogP contribution in [0.15, 0.2) is 53.4 Å². The predicted octanol–water partition coefficient (Wildman–Crippen LogP) is 2.57. The number of hydroxylamine groups is 2. The van der Waals surface area contributed by atoms with Crippen molar-refractivity contribution < 1.29 is 33.1 Å². The summed E-state index contributed by atoms with van der Waals surface area (Å²) < 4.78 is 36.9. The van der Waals surface area contributed by atoms with Crippen molar-refractivity contribution in [3.05, 3.63) is 54.1 Å². The molecule has 9 heteroatoms. The molecular formula is C19H21NO7S. The molecule has 28 heavy (non-hydrogen) atoms. The van der Waals surface area contributed by atoms with Crippen molar-refractivity contribution in [1.29, 1.82) is 0 Å². The molecular weight excluding hydrogens is 386 g/mol. The number of carbonyl (C=O) groups excluding carboxylic acids is 1. The third kappa shape index (κ3) is 4.33. The van der Waals surface area contributed by atoms with Crippen LogP contribution in [0.1, 0.15) is 12.0 Å². The van der Waals surface area contributed by atoms with Gasteiger partial charge in [-0.15, -0.1) is 0 Å². The molecule has 1 aliphatic heterocycles. The van der Waals surface area contributed by atoms with E-state index < -0.39 is 32.1 Å². The second-order valence-electron chi connectivity index (χ2n) is 6.57. The van der Waals surface area contributed by atoms with E-state index in [9.17, 15) is 13.2 Å². The topological polar surface area (TPSA) is 113 Å². The minimum absolute atomic E-state index is 0.0240. The molecule has 1 saturated heterocycles. The van der Waals surface area contributed by atoms with Gasteiger partial charge in [-0.2, -0.15) is 0 Å². The number of benzene rings is 2. The number of nitrogens with zero attached hydrogens (tertiary/aromatic N) is 1. The van der Waals surface area contributed by atoms with Crippen LogP contribution in [0.3, 0.4) is 0 Å². The van der Waals surface area contributed by atoms with Gasteiger partial charge in [0.15, 0.2) is 9.84 Å². The second-order valence-corrected chi connectivity index (χ2v) is 8.73. The number of ether oxygens (including phenoxy) is 2. The van der Waals surface area contributed by atoms with E-state index in [4.69, 9.17) is 19.9 Å². The van der Waals surface area contributed by atoms with Crippen molar-refractivity contribution >= 4 is 15.7 Å². The molecule has 8 nitrogen and oxygen atoms in total. The van der Waals surface area contributed by atoms with E-state index in [0.29, 0.717) is 11.5 Å². The SMILES string of the molecule is Cc1ccc(Oc2ccc(S(=O)(=O)C3CCOCC3C(=O)N(O)O)cc2)cc1. The first-order valence-corrected chi connectivity index (χ1v) is 10.2. The minimum Gasteiger partial charge on any atom is -0.457 e. The van der Waals surface area contributed by atoms with Gasteiger partial charge in [-0.1, -0.05) is 22.9 Å². The smallest absolute Gasteiger partial charge is 0.279 e.